The molecule has 3 aromatic rings. The number of benzene rings is 2. The summed E-state index contributed by atoms with van der Waals surface area (Å²) in [5, 5.41) is 8.10. The van der Waals surface area contributed by atoms with Crippen LogP contribution in [0, 0.1) is 0 Å². The first-order valence-corrected chi connectivity index (χ1v) is 10.2. The number of methoxy groups -OCH3 is 1. The molecule has 1 spiro atoms. The molecule has 6 nitrogen and oxygen atoms in total. The maximum atomic E-state index is 12.8. The second-order valence-corrected chi connectivity index (χ2v) is 7.93. The van der Waals surface area contributed by atoms with Crippen molar-refractivity contribution in [3.05, 3.63) is 59.8 Å². The number of ether oxygens (including phenoxy) is 1. The van der Waals surface area contributed by atoms with Crippen LogP contribution in [-0.2, 0) is 12.0 Å². The van der Waals surface area contributed by atoms with Gasteiger partial charge < -0.3 is 25.3 Å². The van der Waals surface area contributed by atoms with Crippen LogP contribution in [0.5, 0.6) is 5.75 Å². The van der Waals surface area contributed by atoms with E-state index in [1.807, 2.05) is 29.2 Å². The molecule has 0 atom stereocenters. The number of carbonyl (C=O) groups excluding carboxylic acids is 1. The Hall–Kier alpha value is -2.99. The molecule has 150 valence electrons. The molecule has 0 saturated carbocycles. The van der Waals surface area contributed by atoms with Gasteiger partial charge in [0.05, 0.1) is 12.6 Å². The van der Waals surface area contributed by atoms with Crippen molar-refractivity contribution in [3.63, 3.8) is 0 Å². The van der Waals surface area contributed by atoms with E-state index in [1.165, 1.54) is 22.2 Å². The van der Waals surface area contributed by atoms with Crippen molar-refractivity contribution in [2.45, 2.75) is 24.8 Å². The molecule has 2 aliphatic heterocycles. The number of amides is 2. The van der Waals surface area contributed by atoms with E-state index in [2.05, 4.69) is 39.9 Å². The van der Waals surface area contributed by atoms with Crippen molar-refractivity contribution >= 4 is 22.6 Å². The molecule has 0 unspecified atom stereocenters. The highest BCUT2D eigenvalue weighted by molar-refractivity contribution is 5.89. The molecule has 2 aliphatic rings. The molecule has 5 rings (SSSR count). The zero-order valence-electron chi connectivity index (χ0n) is 16.6. The van der Waals surface area contributed by atoms with Crippen molar-refractivity contribution in [1.82, 2.24) is 15.2 Å². The van der Waals surface area contributed by atoms with Crippen LogP contribution in [0.1, 0.15) is 24.1 Å². The first-order chi connectivity index (χ1) is 14.2. The van der Waals surface area contributed by atoms with Crippen LogP contribution in [0.15, 0.2) is 48.5 Å². The number of hydrogen-bond acceptors (Lipinski definition) is 3. The standard InChI is InChI=1S/C23H26N4O2/c1-29-17-6-4-5-16(15-17)25-22(28)27-13-10-23(11-14-27)21-19(9-12-24-23)18-7-2-3-8-20(18)26-21/h2-8,15,24,26H,9-14H2,1H3,(H,25,28). The normalized spacial score (nSPS) is 17.9. The van der Waals surface area contributed by atoms with E-state index in [0.29, 0.717) is 0 Å². The largest absolute Gasteiger partial charge is 0.497 e. The molecule has 0 radical (unpaired) electrons. The number of H-pyrrole nitrogens is 1. The van der Waals surface area contributed by atoms with Crippen molar-refractivity contribution in [1.29, 1.82) is 0 Å². The molecule has 1 fully saturated rings. The van der Waals surface area contributed by atoms with Crippen LogP contribution in [0.3, 0.4) is 0 Å². The molecular formula is C23H26N4O2. The lowest BCUT2D eigenvalue weighted by molar-refractivity contribution is 0.142. The second kappa shape index (κ2) is 7.12. The van der Waals surface area contributed by atoms with E-state index in [-0.39, 0.29) is 11.6 Å². The molecule has 1 saturated heterocycles. The number of rotatable bonds is 2. The van der Waals surface area contributed by atoms with Gasteiger partial charge in [0.25, 0.3) is 0 Å². The smallest absolute Gasteiger partial charge is 0.321 e. The molecule has 0 bridgehead atoms. The van der Waals surface area contributed by atoms with Crippen LogP contribution in [0.4, 0.5) is 10.5 Å². The quantitative estimate of drug-likeness (QED) is 0.623. The zero-order chi connectivity index (χ0) is 19.8. The number of likely N-dealkylation sites (tertiary alicyclic amines) is 1. The topological polar surface area (TPSA) is 69.4 Å². The fourth-order valence-electron chi connectivity index (χ4n) is 4.81. The average Bonchev–Trinajstić information content (AvgIpc) is 3.15. The summed E-state index contributed by atoms with van der Waals surface area (Å²) in [6, 6.07) is 16.0. The molecule has 0 aliphatic carbocycles. The highest BCUT2D eigenvalue weighted by atomic mass is 16.5. The van der Waals surface area contributed by atoms with E-state index < -0.39 is 0 Å². The average molecular weight is 390 g/mol. The summed E-state index contributed by atoms with van der Waals surface area (Å²) in [5.74, 6) is 0.734. The van der Waals surface area contributed by atoms with Crippen LogP contribution >= 0.6 is 0 Å². The summed E-state index contributed by atoms with van der Waals surface area (Å²) in [6.07, 6.45) is 2.85. The Morgan fingerprint density at radius 2 is 1.97 bits per heavy atom. The van der Waals surface area contributed by atoms with Gasteiger partial charge in [-0.05, 0) is 43.0 Å². The minimum absolute atomic E-state index is 0.0548. The van der Waals surface area contributed by atoms with Gasteiger partial charge in [-0.25, -0.2) is 4.79 Å². The predicted molar refractivity (Wildman–Crippen MR) is 115 cm³/mol. The number of piperidine rings is 1. The van der Waals surface area contributed by atoms with E-state index in [9.17, 15) is 4.79 Å². The molecule has 3 N–H and O–H groups in total. The van der Waals surface area contributed by atoms with Gasteiger partial charge in [-0.15, -0.1) is 0 Å². The number of nitrogens with one attached hydrogen (secondary N) is 3. The minimum Gasteiger partial charge on any atom is -0.497 e. The molecule has 1 aromatic heterocycles. The number of hydrogen-bond donors (Lipinski definition) is 3. The summed E-state index contributed by atoms with van der Waals surface area (Å²) in [7, 11) is 1.63. The van der Waals surface area contributed by atoms with Crippen LogP contribution < -0.4 is 15.4 Å². The number of nitrogens with zero attached hydrogens (tertiary/aromatic N) is 1. The highest BCUT2D eigenvalue weighted by Crippen LogP contribution is 2.40. The molecular weight excluding hydrogens is 364 g/mol. The minimum atomic E-state index is -0.0701. The fraction of sp³-hybridized carbons (Fsp3) is 0.348. The Balaban J connectivity index is 1.32. The van der Waals surface area contributed by atoms with Gasteiger partial charge in [0, 0.05) is 48.0 Å². The van der Waals surface area contributed by atoms with Crippen LogP contribution in [0.2, 0.25) is 0 Å². The van der Waals surface area contributed by atoms with Gasteiger partial charge in [0.2, 0.25) is 0 Å². The maximum Gasteiger partial charge on any atom is 0.321 e. The number of aromatic amines is 1. The third-order valence-corrected chi connectivity index (χ3v) is 6.36. The van der Waals surface area contributed by atoms with E-state index in [0.717, 1.165) is 50.3 Å². The molecule has 2 amide bonds. The van der Waals surface area contributed by atoms with Crippen molar-refractivity contribution in [2.24, 2.45) is 0 Å². The molecule has 3 heterocycles. The van der Waals surface area contributed by atoms with Gasteiger partial charge in [-0.1, -0.05) is 24.3 Å². The maximum absolute atomic E-state index is 12.8. The Bertz CT molecular complexity index is 1050. The van der Waals surface area contributed by atoms with E-state index in [4.69, 9.17) is 4.74 Å². The lowest BCUT2D eigenvalue weighted by Crippen LogP contribution is -2.55. The number of urea groups is 1. The summed E-state index contributed by atoms with van der Waals surface area (Å²) >= 11 is 0. The monoisotopic (exact) mass is 390 g/mol. The van der Waals surface area contributed by atoms with Gasteiger partial charge >= 0.3 is 6.03 Å². The second-order valence-electron chi connectivity index (χ2n) is 7.93. The lowest BCUT2D eigenvalue weighted by Gasteiger charge is -2.44. The van der Waals surface area contributed by atoms with E-state index in [1.54, 1.807) is 7.11 Å². The Labute approximate surface area is 170 Å². The first kappa shape index (κ1) is 18.1. The molecule has 2 aromatic carbocycles. The number of aromatic nitrogens is 1. The SMILES string of the molecule is COc1cccc(NC(=O)N2CCC3(CC2)NCCc2c3[nH]c3ccccc23)c1. The lowest BCUT2D eigenvalue weighted by atomic mass is 9.79. The van der Waals surface area contributed by atoms with Gasteiger partial charge in [0.15, 0.2) is 0 Å². The Morgan fingerprint density at radius 3 is 2.79 bits per heavy atom. The predicted octanol–water partition coefficient (Wildman–Crippen LogP) is 3.85. The van der Waals surface area contributed by atoms with E-state index >= 15 is 0 Å². The number of carbonyl (C=O) groups is 1. The molecule has 6 heteroatoms. The number of fused-ring (bicyclic) bond motifs is 4. The first-order valence-electron chi connectivity index (χ1n) is 10.2. The summed E-state index contributed by atoms with van der Waals surface area (Å²) in [6.45, 7) is 2.42. The molecule has 29 heavy (non-hydrogen) atoms. The van der Waals surface area contributed by atoms with Crippen molar-refractivity contribution in [3.8, 4) is 5.75 Å². The van der Waals surface area contributed by atoms with Gasteiger partial charge in [0.1, 0.15) is 5.75 Å². The third kappa shape index (κ3) is 3.13. The number of para-hydroxylation sites is 1. The van der Waals surface area contributed by atoms with Crippen molar-refractivity contribution < 1.29 is 9.53 Å². The van der Waals surface area contributed by atoms with Gasteiger partial charge in [-0.2, -0.15) is 0 Å². The fourth-order valence-corrected chi connectivity index (χ4v) is 4.81. The van der Waals surface area contributed by atoms with Crippen LogP contribution in [0.25, 0.3) is 10.9 Å². The Morgan fingerprint density at radius 1 is 1.14 bits per heavy atom. The zero-order valence-corrected chi connectivity index (χ0v) is 16.6. The van der Waals surface area contributed by atoms with Crippen LogP contribution in [-0.4, -0.2) is 42.7 Å². The van der Waals surface area contributed by atoms with Crippen molar-refractivity contribution in [2.75, 3.05) is 32.1 Å². The Kier molecular flexibility index (Phi) is 4.43. The third-order valence-electron chi connectivity index (χ3n) is 6.36. The highest BCUT2D eigenvalue weighted by Gasteiger charge is 2.42. The summed E-state index contributed by atoms with van der Waals surface area (Å²) in [4.78, 5) is 18.4. The number of anilines is 1. The van der Waals surface area contributed by atoms with Gasteiger partial charge in [-0.3, -0.25) is 0 Å². The summed E-state index contributed by atoms with van der Waals surface area (Å²) in [5.41, 5.74) is 4.65. The summed E-state index contributed by atoms with van der Waals surface area (Å²) < 4.78 is 5.24.